The van der Waals surface area contributed by atoms with Gasteiger partial charge in [-0.2, -0.15) is 0 Å². The summed E-state index contributed by atoms with van der Waals surface area (Å²) in [7, 11) is 0. The van der Waals surface area contributed by atoms with Gasteiger partial charge in [-0.15, -0.1) is 5.10 Å². The highest BCUT2D eigenvalue weighted by atomic mass is 15.3. The van der Waals surface area contributed by atoms with Crippen molar-refractivity contribution in [1.29, 1.82) is 0 Å². The van der Waals surface area contributed by atoms with Crippen molar-refractivity contribution in [2.45, 2.75) is 19.3 Å². The number of hydrogen-bond acceptors (Lipinski definition) is 4. The second-order valence-electron chi connectivity index (χ2n) is 5.43. The SMILES string of the molecule is Nc1c(N2CCNCC2)nn2c3c(ccc12)CCC3. The summed E-state index contributed by atoms with van der Waals surface area (Å²) in [4.78, 5) is 2.29. The van der Waals surface area contributed by atoms with Crippen molar-refractivity contribution in [2.24, 2.45) is 0 Å². The molecule has 2 aromatic heterocycles. The van der Waals surface area contributed by atoms with Crippen LogP contribution in [-0.4, -0.2) is 35.8 Å². The van der Waals surface area contributed by atoms with Gasteiger partial charge in [0.1, 0.15) is 5.69 Å². The number of hydrogen-bond donors (Lipinski definition) is 2. The molecule has 0 aromatic carbocycles. The quantitative estimate of drug-likeness (QED) is 0.794. The lowest BCUT2D eigenvalue weighted by Crippen LogP contribution is -2.44. The smallest absolute Gasteiger partial charge is 0.175 e. The third kappa shape index (κ3) is 1.61. The summed E-state index contributed by atoms with van der Waals surface area (Å²) in [5.74, 6) is 0.960. The molecule has 2 aliphatic rings. The number of anilines is 2. The molecule has 2 aromatic rings. The lowest BCUT2D eigenvalue weighted by molar-refractivity contribution is 0.583. The Hall–Kier alpha value is -1.75. The van der Waals surface area contributed by atoms with Crippen LogP contribution in [0.3, 0.4) is 0 Å². The van der Waals surface area contributed by atoms with Crippen molar-refractivity contribution < 1.29 is 0 Å². The number of nitrogen functional groups attached to an aromatic ring is 1. The first-order chi connectivity index (χ1) is 9.34. The van der Waals surface area contributed by atoms with E-state index in [0.717, 1.165) is 49.6 Å². The van der Waals surface area contributed by atoms with Gasteiger partial charge >= 0.3 is 0 Å². The van der Waals surface area contributed by atoms with Gasteiger partial charge < -0.3 is 16.0 Å². The highest BCUT2D eigenvalue weighted by molar-refractivity contribution is 5.82. The first kappa shape index (κ1) is 11.1. The Bertz CT molecular complexity index is 624. The van der Waals surface area contributed by atoms with Crippen LogP contribution < -0.4 is 16.0 Å². The molecule has 1 aliphatic heterocycles. The molecule has 0 unspecified atom stereocenters. The molecule has 3 heterocycles. The molecule has 0 saturated carbocycles. The predicted molar refractivity (Wildman–Crippen MR) is 76.7 cm³/mol. The molecule has 0 bridgehead atoms. The average molecular weight is 257 g/mol. The summed E-state index contributed by atoms with van der Waals surface area (Å²) in [5.41, 5.74) is 11.0. The van der Waals surface area contributed by atoms with Crippen LogP contribution in [0.15, 0.2) is 12.1 Å². The molecule has 100 valence electrons. The van der Waals surface area contributed by atoms with Gasteiger partial charge in [-0.3, -0.25) is 0 Å². The van der Waals surface area contributed by atoms with Gasteiger partial charge in [0.05, 0.1) is 5.52 Å². The van der Waals surface area contributed by atoms with Gasteiger partial charge in [0.2, 0.25) is 0 Å². The van der Waals surface area contributed by atoms with Crippen molar-refractivity contribution in [3.63, 3.8) is 0 Å². The Morgan fingerprint density at radius 3 is 2.84 bits per heavy atom. The number of nitrogens with zero attached hydrogens (tertiary/aromatic N) is 3. The minimum atomic E-state index is 0.830. The third-order valence-electron chi connectivity index (χ3n) is 4.28. The van der Waals surface area contributed by atoms with Crippen LogP contribution in [0.25, 0.3) is 5.52 Å². The summed E-state index contributed by atoms with van der Waals surface area (Å²) in [6.45, 7) is 3.98. The zero-order chi connectivity index (χ0) is 12.8. The minimum absolute atomic E-state index is 0.830. The fraction of sp³-hybridized carbons (Fsp3) is 0.500. The molecule has 5 nitrogen and oxygen atoms in total. The first-order valence-corrected chi connectivity index (χ1v) is 7.09. The van der Waals surface area contributed by atoms with Gasteiger partial charge in [-0.25, -0.2) is 4.52 Å². The van der Waals surface area contributed by atoms with E-state index < -0.39 is 0 Å². The van der Waals surface area contributed by atoms with Gasteiger partial charge in [0, 0.05) is 31.9 Å². The fourth-order valence-electron chi connectivity index (χ4n) is 3.26. The number of aryl methyl sites for hydroxylation is 2. The van der Waals surface area contributed by atoms with Crippen molar-refractivity contribution in [3.8, 4) is 0 Å². The van der Waals surface area contributed by atoms with Crippen LogP contribution in [0.2, 0.25) is 0 Å². The predicted octanol–water partition coefficient (Wildman–Crippen LogP) is 0.815. The van der Waals surface area contributed by atoms with Crippen LogP contribution in [0.4, 0.5) is 11.5 Å². The molecule has 1 aliphatic carbocycles. The minimum Gasteiger partial charge on any atom is -0.394 e. The summed E-state index contributed by atoms with van der Waals surface area (Å²) in [6.07, 6.45) is 3.53. The van der Waals surface area contributed by atoms with Crippen LogP contribution in [-0.2, 0) is 12.8 Å². The molecule has 0 spiro atoms. The highest BCUT2D eigenvalue weighted by Gasteiger charge is 2.22. The molecule has 1 saturated heterocycles. The van der Waals surface area contributed by atoms with E-state index in [1.165, 1.54) is 24.1 Å². The summed E-state index contributed by atoms with van der Waals surface area (Å²) in [5, 5.41) is 8.16. The zero-order valence-electron chi connectivity index (χ0n) is 11.0. The number of nitrogens with one attached hydrogen (secondary N) is 1. The molecular formula is C14H19N5. The fourth-order valence-corrected chi connectivity index (χ4v) is 3.26. The van der Waals surface area contributed by atoms with E-state index in [4.69, 9.17) is 10.8 Å². The van der Waals surface area contributed by atoms with Crippen LogP contribution in [0.5, 0.6) is 0 Å². The van der Waals surface area contributed by atoms with Crippen molar-refractivity contribution in [3.05, 3.63) is 23.4 Å². The van der Waals surface area contributed by atoms with E-state index in [1.54, 1.807) is 0 Å². The van der Waals surface area contributed by atoms with E-state index in [1.807, 2.05) is 0 Å². The number of pyridine rings is 1. The Kier molecular flexibility index (Phi) is 2.41. The summed E-state index contributed by atoms with van der Waals surface area (Å²) < 4.78 is 2.08. The van der Waals surface area contributed by atoms with Gasteiger partial charge in [0.25, 0.3) is 0 Å². The van der Waals surface area contributed by atoms with E-state index in [-0.39, 0.29) is 0 Å². The third-order valence-corrected chi connectivity index (χ3v) is 4.28. The Labute approximate surface area is 112 Å². The average Bonchev–Trinajstić information content (AvgIpc) is 3.04. The Morgan fingerprint density at radius 1 is 1.16 bits per heavy atom. The number of aromatic nitrogens is 2. The van der Waals surface area contributed by atoms with Crippen LogP contribution in [0, 0.1) is 0 Å². The highest BCUT2D eigenvalue weighted by Crippen LogP contribution is 2.31. The maximum absolute atomic E-state index is 6.32. The largest absolute Gasteiger partial charge is 0.394 e. The molecule has 19 heavy (non-hydrogen) atoms. The van der Waals surface area contributed by atoms with Gasteiger partial charge in [-0.1, -0.05) is 6.07 Å². The normalized spacial score (nSPS) is 19.1. The van der Waals surface area contributed by atoms with E-state index in [2.05, 4.69) is 26.9 Å². The molecule has 0 radical (unpaired) electrons. The Balaban J connectivity index is 1.86. The van der Waals surface area contributed by atoms with E-state index in [0.29, 0.717) is 0 Å². The number of nitrogens with two attached hydrogens (primary N) is 1. The van der Waals surface area contributed by atoms with Gasteiger partial charge in [0.15, 0.2) is 5.82 Å². The number of piperazine rings is 1. The van der Waals surface area contributed by atoms with E-state index >= 15 is 0 Å². The summed E-state index contributed by atoms with van der Waals surface area (Å²) in [6, 6.07) is 4.34. The summed E-state index contributed by atoms with van der Waals surface area (Å²) >= 11 is 0. The standard InChI is InChI=1S/C14H19N5/c15-13-12-5-4-10-2-1-3-11(10)19(12)17-14(13)18-8-6-16-7-9-18/h4-5,16H,1-3,6-9,15H2. The molecule has 5 heteroatoms. The zero-order valence-corrected chi connectivity index (χ0v) is 11.0. The molecule has 4 rings (SSSR count). The van der Waals surface area contributed by atoms with Crippen molar-refractivity contribution >= 4 is 17.0 Å². The van der Waals surface area contributed by atoms with Gasteiger partial charge in [-0.05, 0) is 30.9 Å². The second kappa shape index (κ2) is 4.13. The number of rotatable bonds is 1. The van der Waals surface area contributed by atoms with E-state index in [9.17, 15) is 0 Å². The lowest BCUT2D eigenvalue weighted by atomic mass is 10.2. The maximum Gasteiger partial charge on any atom is 0.175 e. The molecule has 0 atom stereocenters. The van der Waals surface area contributed by atoms with Crippen LogP contribution >= 0.6 is 0 Å². The number of fused-ring (bicyclic) bond motifs is 3. The lowest BCUT2D eigenvalue weighted by Gasteiger charge is -2.27. The molecular weight excluding hydrogens is 238 g/mol. The molecule has 1 fully saturated rings. The first-order valence-electron chi connectivity index (χ1n) is 7.09. The van der Waals surface area contributed by atoms with Crippen molar-refractivity contribution in [2.75, 3.05) is 36.8 Å². The Morgan fingerprint density at radius 2 is 2.00 bits per heavy atom. The maximum atomic E-state index is 6.32. The van der Waals surface area contributed by atoms with Crippen LogP contribution in [0.1, 0.15) is 17.7 Å². The molecule has 0 amide bonds. The second-order valence-corrected chi connectivity index (χ2v) is 5.43. The van der Waals surface area contributed by atoms with Crippen molar-refractivity contribution in [1.82, 2.24) is 14.9 Å². The monoisotopic (exact) mass is 257 g/mol. The molecule has 3 N–H and O–H groups in total. The topological polar surface area (TPSA) is 58.6 Å².